The number of rotatable bonds is 35. The van der Waals surface area contributed by atoms with Gasteiger partial charge in [0.25, 0.3) is 0 Å². The minimum absolute atomic E-state index is 0.0339. The van der Waals surface area contributed by atoms with Crippen molar-refractivity contribution in [2.45, 2.75) is 161 Å². The predicted molar refractivity (Wildman–Crippen MR) is 251 cm³/mol. The summed E-state index contributed by atoms with van der Waals surface area (Å²) in [5, 5.41) is 26.7. The number of nitrogens with one attached hydrogen (secondary N) is 2. The van der Waals surface area contributed by atoms with Crippen LogP contribution in [-0.4, -0.2) is 123 Å². The van der Waals surface area contributed by atoms with Crippen LogP contribution in [0.5, 0.6) is 0 Å². The quantitative estimate of drug-likeness (QED) is 0.0317. The topological polar surface area (TPSA) is 364 Å². The number of ether oxygens (including phenoxy) is 1. The molecule has 2 aromatic rings. The number of nitrogens with two attached hydrogens (primary N) is 1. The van der Waals surface area contributed by atoms with Gasteiger partial charge in [-0.1, -0.05) is 123 Å². The van der Waals surface area contributed by atoms with Crippen LogP contribution < -0.4 is 16.4 Å². The van der Waals surface area contributed by atoms with Gasteiger partial charge in [-0.25, -0.2) is 28.6 Å². The fraction of sp³-hybridized carbons (Fsp3) is 0.800. The number of nitrogens with zero attached hydrogens (tertiary/aromatic N) is 4. The van der Waals surface area contributed by atoms with E-state index in [-0.39, 0.29) is 41.6 Å². The molecule has 0 bridgehead atoms. The van der Waals surface area contributed by atoms with E-state index >= 15 is 0 Å². The zero-order chi connectivity index (χ0) is 50.5. The second kappa shape index (κ2) is 29.2. The Bertz CT molecular complexity index is 2030. The van der Waals surface area contributed by atoms with Gasteiger partial charge in [-0.2, -0.15) is 4.31 Å². The number of carbonyl (C=O) groups is 3. The van der Waals surface area contributed by atoms with Crippen LogP contribution in [0.2, 0.25) is 0 Å². The number of phosphoric acid groups is 3. The summed E-state index contributed by atoms with van der Waals surface area (Å²) in [5.41, 5.74) is 4.29. The van der Waals surface area contributed by atoms with Gasteiger partial charge in [0, 0.05) is 37.1 Å². The first-order valence-corrected chi connectivity index (χ1v) is 28.5. The lowest BCUT2D eigenvalue weighted by molar-refractivity contribution is -0.137. The summed E-state index contributed by atoms with van der Waals surface area (Å²) < 4.78 is 62.5. The Labute approximate surface area is 401 Å². The fourth-order valence-corrected chi connectivity index (χ4v) is 10.8. The molecule has 0 aromatic carbocycles. The molecule has 24 nitrogen and oxygen atoms in total. The van der Waals surface area contributed by atoms with Crippen LogP contribution in [0.25, 0.3) is 11.2 Å². The van der Waals surface area contributed by atoms with Crippen LogP contribution in [0, 0.1) is 11.3 Å². The van der Waals surface area contributed by atoms with Gasteiger partial charge in [0.05, 0.1) is 19.5 Å². The zero-order valence-corrected chi connectivity index (χ0v) is 42.8. The molecule has 0 saturated carbocycles. The Kier molecular flexibility index (Phi) is 25.7. The molecule has 1 saturated heterocycles. The monoisotopic (exact) mass is 1050 g/mol. The standard InChI is InChI=1S/C40H72N7O17P3S/c1-5-6-7-11-14-17-28(2)18-15-12-9-8-10-13-16-19-31(49)68-23-22-42-30(48)20-21-43-38(52)35(51)40(3,4)25-61-67(58,59)64-66(56,57)60-24-29-34(63-65(53,54)55)33(50)39(62-29)47-27-46-32-36(41)44-26-45-37(32)47/h26-29,33-35,39,50-51H,5-25H2,1-4H3,(H,42,48)(H,43,52)(H,56,57)(H,58,59)(H2,41,44,45)(H2,53,54,55). The van der Waals surface area contributed by atoms with Gasteiger partial charge < -0.3 is 50.9 Å². The molecule has 3 rings (SSSR count). The molecule has 3 heterocycles. The molecule has 68 heavy (non-hydrogen) atoms. The molecule has 0 spiro atoms. The number of hydrogen-bond donors (Lipinski definition) is 9. The number of aliphatic hydroxyl groups excluding tert-OH is 2. The first-order chi connectivity index (χ1) is 31.9. The van der Waals surface area contributed by atoms with Crippen LogP contribution in [0.15, 0.2) is 12.7 Å². The minimum atomic E-state index is -5.57. The van der Waals surface area contributed by atoms with Crippen molar-refractivity contribution in [2.75, 3.05) is 37.8 Å². The lowest BCUT2D eigenvalue weighted by atomic mass is 9.87. The van der Waals surface area contributed by atoms with E-state index in [4.69, 9.17) is 19.5 Å². The van der Waals surface area contributed by atoms with Crippen LogP contribution in [0.1, 0.15) is 137 Å². The SMILES string of the molecule is CCCCCCCC(C)CCCCCCCCCC(=O)SCCNC(=O)CCNC(=O)C(O)C(C)(C)COP(=O)(O)OP(=O)(O)OCC1OC(n2cnc3c(N)ncnc32)C(O)C1OP(=O)(O)O. The van der Waals surface area contributed by atoms with Gasteiger partial charge in [0.2, 0.25) is 11.8 Å². The number of aliphatic hydroxyl groups is 2. The number of anilines is 1. The molecule has 10 N–H and O–H groups in total. The summed E-state index contributed by atoms with van der Waals surface area (Å²) in [5.74, 6) is -0.209. The molecule has 1 fully saturated rings. The normalized spacial score (nSPS) is 20.4. The number of aromatic nitrogens is 4. The molecular weight excluding hydrogens is 975 g/mol. The highest BCUT2D eigenvalue weighted by Crippen LogP contribution is 2.61. The second-order valence-electron chi connectivity index (χ2n) is 17.6. The maximum absolute atomic E-state index is 12.7. The number of imidazole rings is 1. The number of phosphoric ester groups is 3. The molecule has 0 aliphatic carbocycles. The molecule has 8 unspecified atom stereocenters. The molecule has 8 atom stereocenters. The van der Waals surface area contributed by atoms with Crippen molar-refractivity contribution in [3.05, 3.63) is 12.7 Å². The maximum atomic E-state index is 12.7. The smallest absolute Gasteiger partial charge is 0.386 e. The Hall–Kier alpha value is -2.44. The van der Waals surface area contributed by atoms with Crippen LogP contribution >= 0.6 is 35.2 Å². The number of amides is 2. The second-order valence-corrected chi connectivity index (χ2v) is 23.0. The van der Waals surface area contributed by atoms with E-state index in [1.807, 2.05) is 0 Å². The summed E-state index contributed by atoms with van der Waals surface area (Å²) in [6.07, 6.45) is 10.9. The Morgan fingerprint density at radius 3 is 2.15 bits per heavy atom. The molecular formula is C40H72N7O17P3S. The highest BCUT2D eigenvalue weighted by Gasteiger charge is 2.50. The van der Waals surface area contributed by atoms with Crippen LogP contribution in [-0.2, 0) is 50.7 Å². The van der Waals surface area contributed by atoms with E-state index < -0.39 is 84.6 Å². The molecule has 2 aromatic heterocycles. The van der Waals surface area contributed by atoms with Crippen molar-refractivity contribution in [3.8, 4) is 0 Å². The van der Waals surface area contributed by atoms with Gasteiger partial charge in [0.1, 0.15) is 36.3 Å². The number of thioether (sulfide) groups is 1. The molecule has 1 aliphatic rings. The van der Waals surface area contributed by atoms with Crippen molar-refractivity contribution in [1.82, 2.24) is 30.2 Å². The van der Waals surface area contributed by atoms with E-state index in [0.717, 1.165) is 54.2 Å². The van der Waals surface area contributed by atoms with Gasteiger partial charge in [-0.15, -0.1) is 0 Å². The van der Waals surface area contributed by atoms with E-state index in [1.54, 1.807) is 0 Å². The highest BCUT2D eigenvalue weighted by atomic mass is 32.2. The Morgan fingerprint density at radius 2 is 1.50 bits per heavy atom. The lowest BCUT2D eigenvalue weighted by Gasteiger charge is -2.30. The zero-order valence-electron chi connectivity index (χ0n) is 39.3. The number of nitrogen functional groups attached to an aromatic ring is 1. The Morgan fingerprint density at radius 1 is 0.882 bits per heavy atom. The maximum Gasteiger partial charge on any atom is 0.481 e. The van der Waals surface area contributed by atoms with E-state index in [0.29, 0.717) is 12.2 Å². The first-order valence-electron chi connectivity index (χ1n) is 23.0. The van der Waals surface area contributed by atoms with Crippen LogP contribution in [0.3, 0.4) is 0 Å². The third-order valence-corrected chi connectivity index (χ3v) is 15.2. The third-order valence-electron chi connectivity index (χ3n) is 11.1. The van der Waals surface area contributed by atoms with Crippen molar-refractivity contribution < 1.29 is 80.5 Å². The van der Waals surface area contributed by atoms with E-state index in [9.17, 15) is 57.9 Å². The number of hydrogen-bond acceptors (Lipinski definition) is 18. The van der Waals surface area contributed by atoms with Gasteiger partial charge in [0.15, 0.2) is 22.8 Å². The summed E-state index contributed by atoms with van der Waals surface area (Å²) in [7, 11) is -16.4. The van der Waals surface area contributed by atoms with Gasteiger partial charge >= 0.3 is 23.5 Å². The summed E-state index contributed by atoms with van der Waals surface area (Å²) in [6.45, 7) is 5.19. The highest BCUT2D eigenvalue weighted by molar-refractivity contribution is 8.13. The molecule has 2 amide bonds. The Balaban J connectivity index is 1.29. The van der Waals surface area contributed by atoms with Crippen molar-refractivity contribution in [3.63, 3.8) is 0 Å². The molecule has 1 aliphatic heterocycles. The summed E-state index contributed by atoms with van der Waals surface area (Å²) in [4.78, 5) is 88.4. The number of carbonyl (C=O) groups excluding carboxylic acids is 3. The average Bonchev–Trinajstić information content (AvgIpc) is 3.82. The third kappa shape index (κ3) is 21.9. The fourth-order valence-electron chi connectivity index (χ4n) is 7.25. The predicted octanol–water partition coefficient (Wildman–Crippen LogP) is 5.17. The first kappa shape index (κ1) is 59.9. The van der Waals surface area contributed by atoms with Gasteiger partial charge in [-0.05, 0) is 12.3 Å². The van der Waals surface area contributed by atoms with Crippen molar-refractivity contribution in [1.29, 1.82) is 0 Å². The van der Waals surface area contributed by atoms with Crippen molar-refractivity contribution >= 4 is 69.1 Å². The number of fused-ring (bicyclic) bond motifs is 1. The summed E-state index contributed by atoms with van der Waals surface area (Å²) in [6, 6.07) is 0. The van der Waals surface area contributed by atoms with Crippen molar-refractivity contribution in [2.24, 2.45) is 11.3 Å². The van der Waals surface area contributed by atoms with E-state index in [2.05, 4.69) is 48.3 Å². The van der Waals surface area contributed by atoms with Crippen LogP contribution in [0.4, 0.5) is 5.82 Å². The molecule has 0 radical (unpaired) electrons. The number of unbranched alkanes of at least 4 members (excludes halogenated alkanes) is 10. The largest absolute Gasteiger partial charge is 0.481 e. The summed E-state index contributed by atoms with van der Waals surface area (Å²) >= 11 is 1.16. The molecule has 28 heteroatoms. The lowest BCUT2D eigenvalue weighted by Crippen LogP contribution is -2.46. The minimum Gasteiger partial charge on any atom is -0.386 e. The average molecular weight is 1050 g/mol. The molecule has 390 valence electrons. The van der Waals surface area contributed by atoms with E-state index in [1.165, 1.54) is 84.5 Å². The van der Waals surface area contributed by atoms with Gasteiger partial charge in [-0.3, -0.25) is 32.5 Å².